The van der Waals surface area contributed by atoms with E-state index in [1.165, 1.54) is 5.69 Å². The maximum absolute atomic E-state index is 12.3. The van der Waals surface area contributed by atoms with Crippen molar-refractivity contribution in [2.24, 2.45) is 11.8 Å². The number of amides is 1. The van der Waals surface area contributed by atoms with E-state index in [9.17, 15) is 9.90 Å². The lowest BCUT2D eigenvalue weighted by atomic mass is 9.91. The quantitative estimate of drug-likeness (QED) is 0.824. The summed E-state index contributed by atoms with van der Waals surface area (Å²) in [6, 6.07) is 10.6. The van der Waals surface area contributed by atoms with Crippen molar-refractivity contribution in [1.82, 2.24) is 10.2 Å². The van der Waals surface area contributed by atoms with Crippen LogP contribution in [0.1, 0.15) is 26.2 Å². The monoisotopic (exact) mass is 345 g/mol. The smallest absolute Gasteiger partial charge is 0.234 e. The maximum atomic E-state index is 12.3. The van der Waals surface area contributed by atoms with Crippen molar-refractivity contribution in [3.8, 4) is 0 Å². The van der Waals surface area contributed by atoms with Crippen molar-refractivity contribution >= 4 is 11.6 Å². The zero-order chi connectivity index (χ0) is 17.6. The van der Waals surface area contributed by atoms with Crippen LogP contribution in [-0.2, 0) is 4.79 Å². The predicted octanol–water partition coefficient (Wildman–Crippen LogP) is 1.72. The Morgan fingerprint density at radius 1 is 1.24 bits per heavy atom. The maximum Gasteiger partial charge on any atom is 0.234 e. The average molecular weight is 345 g/mol. The van der Waals surface area contributed by atoms with Gasteiger partial charge in [0.1, 0.15) is 0 Å². The number of nitrogens with zero attached hydrogens (tertiary/aromatic N) is 2. The van der Waals surface area contributed by atoms with Gasteiger partial charge in [0, 0.05) is 31.4 Å². The van der Waals surface area contributed by atoms with Crippen LogP contribution in [0, 0.1) is 11.8 Å². The molecule has 2 saturated heterocycles. The Labute approximate surface area is 151 Å². The zero-order valence-corrected chi connectivity index (χ0v) is 15.2. The highest BCUT2D eigenvalue weighted by Crippen LogP contribution is 2.24. The van der Waals surface area contributed by atoms with Gasteiger partial charge in [-0.25, -0.2) is 0 Å². The average Bonchev–Trinajstić information content (AvgIpc) is 3.10. The van der Waals surface area contributed by atoms with Crippen LogP contribution in [0.2, 0.25) is 0 Å². The molecule has 2 aliphatic rings. The van der Waals surface area contributed by atoms with Crippen molar-refractivity contribution in [3.63, 3.8) is 0 Å². The largest absolute Gasteiger partial charge is 0.395 e. The molecule has 2 fully saturated rings. The van der Waals surface area contributed by atoms with E-state index in [0.29, 0.717) is 18.4 Å². The first-order valence-electron chi connectivity index (χ1n) is 9.59. The van der Waals surface area contributed by atoms with Crippen LogP contribution in [0.3, 0.4) is 0 Å². The number of para-hydroxylation sites is 1. The van der Waals surface area contributed by atoms with Crippen LogP contribution >= 0.6 is 0 Å². The number of aliphatic hydroxyl groups is 1. The number of rotatable bonds is 6. The van der Waals surface area contributed by atoms with E-state index in [2.05, 4.69) is 46.3 Å². The number of anilines is 1. The minimum absolute atomic E-state index is 0.0886. The summed E-state index contributed by atoms with van der Waals surface area (Å²) in [5, 5.41) is 12.7. The van der Waals surface area contributed by atoms with Gasteiger partial charge in [-0.05, 0) is 49.8 Å². The van der Waals surface area contributed by atoms with Crippen LogP contribution < -0.4 is 10.2 Å². The van der Waals surface area contributed by atoms with Crippen molar-refractivity contribution in [2.45, 2.75) is 32.2 Å². The minimum atomic E-state index is 0.0886. The molecule has 2 heterocycles. The number of likely N-dealkylation sites (tertiary alicyclic amines) is 1. The number of hydrogen-bond acceptors (Lipinski definition) is 4. The van der Waals surface area contributed by atoms with Crippen molar-refractivity contribution in [2.75, 3.05) is 44.2 Å². The lowest BCUT2D eigenvalue weighted by Gasteiger charge is -2.38. The molecular weight excluding hydrogens is 314 g/mol. The highest BCUT2D eigenvalue weighted by atomic mass is 16.3. The Hall–Kier alpha value is -1.59. The Kier molecular flexibility index (Phi) is 6.32. The van der Waals surface area contributed by atoms with Gasteiger partial charge in [0.05, 0.1) is 13.2 Å². The number of benzene rings is 1. The second-order valence-electron chi connectivity index (χ2n) is 7.58. The van der Waals surface area contributed by atoms with Crippen LogP contribution in [-0.4, -0.2) is 61.3 Å². The van der Waals surface area contributed by atoms with Gasteiger partial charge in [0.25, 0.3) is 0 Å². The first-order valence-corrected chi connectivity index (χ1v) is 9.59. The van der Waals surface area contributed by atoms with Gasteiger partial charge < -0.3 is 15.3 Å². The molecule has 5 heteroatoms. The Morgan fingerprint density at radius 3 is 2.80 bits per heavy atom. The zero-order valence-electron chi connectivity index (χ0n) is 15.2. The van der Waals surface area contributed by atoms with E-state index >= 15 is 0 Å². The number of nitrogens with one attached hydrogen (secondary N) is 1. The van der Waals surface area contributed by atoms with Crippen molar-refractivity contribution in [1.29, 1.82) is 0 Å². The van der Waals surface area contributed by atoms with Crippen LogP contribution in [0.4, 0.5) is 5.69 Å². The first kappa shape index (κ1) is 18.2. The Balaban J connectivity index is 1.42. The van der Waals surface area contributed by atoms with Gasteiger partial charge in [0.15, 0.2) is 0 Å². The molecule has 5 nitrogen and oxygen atoms in total. The molecule has 0 radical (unpaired) electrons. The molecule has 0 saturated carbocycles. The third kappa shape index (κ3) is 4.73. The molecule has 0 aliphatic carbocycles. The normalized spacial score (nSPS) is 27.4. The summed E-state index contributed by atoms with van der Waals surface area (Å²) < 4.78 is 0. The van der Waals surface area contributed by atoms with E-state index in [1.807, 2.05) is 6.07 Å². The number of carbonyl (C=O) groups excluding carboxylic acids is 1. The molecule has 138 valence electrons. The van der Waals surface area contributed by atoms with Crippen molar-refractivity contribution < 1.29 is 9.90 Å². The fourth-order valence-corrected chi connectivity index (χ4v) is 4.20. The second-order valence-corrected chi connectivity index (χ2v) is 7.58. The molecule has 3 atom stereocenters. The topological polar surface area (TPSA) is 55.8 Å². The van der Waals surface area contributed by atoms with Crippen LogP contribution in [0.5, 0.6) is 0 Å². The molecule has 1 aromatic carbocycles. The van der Waals surface area contributed by atoms with E-state index < -0.39 is 0 Å². The molecule has 2 aliphatic heterocycles. The summed E-state index contributed by atoms with van der Waals surface area (Å²) in [5.74, 6) is 1.06. The highest BCUT2D eigenvalue weighted by Gasteiger charge is 2.29. The van der Waals surface area contributed by atoms with Gasteiger partial charge in [-0.2, -0.15) is 0 Å². The molecule has 0 spiro atoms. The van der Waals surface area contributed by atoms with Crippen LogP contribution in [0.25, 0.3) is 0 Å². The lowest BCUT2D eigenvalue weighted by molar-refractivity contribution is -0.124. The SMILES string of the molecule is CC1CCCN(CC(=O)NCC2CCN(c3ccccc3)C2)C1CO. The van der Waals surface area contributed by atoms with E-state index in [4.69, 9.17) is 0 Å². The summed E-state index contributed by atoms with van der Waals surface area (Å²) in [4.78, 5) is 16.9. The second kappa shape index (κ2) is 8.68. The van der Waals surface area contributed by atoms with Gasteiger partial charge in [-0.1, -0.05) is 25.1 Å². The first-order chi connectivity index (χ1) is 12.2. The summed E-state index contributed by atoms with van der Waals surface area (Å²) >= 11 is 0. The van der Waals surface area contributed by atoms with Crippen molar-refractivity contribution in [3.05, 3.63) is 30.3 Å². The molecule has 0 aromatic heterocycles. The molecule has 1 aromatic rings. The van der Waals surface area contributed by atoms with Crippen LogP contribution in [0.15, 0.2) is 30.3 Å². The molecule has 3 unspecified atom stereocenters. The molecule has 2 N–H and O–H groups in total. The molecular formula is C20H31N3O2. The van der Waals surface area contributed by atoms with Gasteiger partial charge in [-0.3, -0.25) is 9.69 Å². The number of carbonyl (C=O) groups is 1. The van der Waals surface area contributed by atoms with E-state index in [1.54, 1.807) is 0 Å². The van der Waals surface area contributed by atoms with Gasteiger partial charge in [-0.15, -0.1) is 0 Å². The molecule has 3 rings (SSSR count). The summed E-state index contributed by atoms with van der Waals surface area (Å²) in [5.41, 5.74) is 1.27. The summed E-state index contributed by atoms with van der Waals surface area (Å²) in [6.45, 7) is 6.43. The minimum Gasteiger partial charge on any atom is -0.395 e. The number of piperidine rings is 1. The van der Waals surface area contributed by atoms with E-state index in [0.717, 1.165) is 45.4 Å². The molecule has 1 amide bonds. The molecule has 0 bridgehead atoms. The number of aliphatic hydroxyl groups excluding tert-OH is 1. The Bertz CT molecular complexity index is 551. The standard InChI is InChI=1S/C20H31N3O2/c1-16-6-5-10-23(19(16)15-24)14-20(25)21-12-17-9-11-22(13-17)18-7-3-2-4-8-18/h2-4,7-8,16-17,19,24H,5-6,9-15H2,1H3,(H,21,25). The fraction of sp³-hybridized carbons (Fsp3) is 0.650. The predicted molar refractivity (Wildman–Crippen MR) is 101 cm³/mol. The Morgan fingerprint density at radius 2 is 2.04 bits per heavy atom. The summed E-state index contributed by atoms with van der Waals surface area (Å²) in [7, 11) is 0. The highest BCUT2D eigenvalue weighted by molar-refractivity contribution is 5.78. The van der Waals surface area contributed by atoms with E-state index in [-0.39, 0.29) is 18.6 Å². The lowest BCUT2D eigenvalue weighted by Crippen LogP contribution is -2.50. The number of hydrogen-bond donors (Lipinski definition) is 2. The molecule has 25 heavy (non-hydrogen) atoms. The van der Waals surface area contributed by atoms with Gasteiger partial charge in [0.2, 0.25) is 5.91 Å². The third-order valence-corrected chi connectivity index (χ3v) is 5.76. The van der Waals surface area contributed by atoms with Gasteiger partial charge >= 0.3 is 0 Å². The fourth-order valence-electron chi connectivity index (χ4n) is 4.20. The third-order valence-electron chi connectivity index (χ3n) is 5.76. The summed E-state index contributed by atoms with van der Waals surface area (Å²) in [6.07, 6.45) is 3.37.